The number of methoxy groups -OCH3 is 2. The Balaban J connectivity index is 1.28. The molecule has 10 nitrogen and oxygen atoms in total. The summed E-state index contributed by atoms with van der Waals surface area (Å²) in [6, 6.07) is 16.0. The maximum absolute atomic E-state index is 13.8. The largest absolute Gasteiger partial charge is 0.493 e. The first-order valence-electron chi connectivity index (χ1n) is 13.6. The van der Waals surface area contributed by atoms with Gasteiger partial charge in [0.2, 0.25) is 5.91 Å². The molecule has 40 heavy (non-hydrogen) atoms. The SMILES string of the molecule is COc1ccc(CCNC(=O)[C@@H]2Cc3cc([N+](=O)[O-])ccc3N3CC4CC(Cn5c4cccc5=O)[C@@H]23)cc1OC. The van der Waals surface area contributed by atoms with Gasteiger partial charge in [0.05, 0.1) is 25.1 Å². The van der Waals surface area contributed by atoms with E-state index in [9.17, 15) is 19.7 Å². The monoisotopic (exact) mass is 544 g/mol. The number of non-ortho nitro benzene ring substituents is 1. The first-order chi connectivity index (χ1) is 19.4. The van der Waals surface area contributed by atoms with Crippen molar-refractivity contribution in [2.75, 3.05) is 32.2 Å². The molecule has 3 aliphatic rings. The number of aromatic nitrogens is 1. The molecular formula is C30H32N4O6. The van der Waals surface area contributed by atoms with E-state index < -0.39 is 10.8 Å². The summed E-state index contributed by atoms with van der Waals surface area (Å²) >= 11 is 0. The number of carbonyl (C=O) groups is 1. The molecule has 2 aromatic carbocycles. The highest BCUT2D eigenvalue weighted by Gasteiger charge is 2.49. The molecule has 1 amide bonds. The number of fused-ring (bicyclic) bond motifs is 8. The molecule has 0 saturated carbocycles. The van der Waals surface area contributed by atoms with Crippen LogP contribution in [0.25, 0.3) is 0 Å². The number of nitrogens with one attached hydrogen (secondary N) is 1. The van der Waals surface area contributed by atoms with Crippen LogP contribution >= 0.6 is 0 Å². The summed E-state index contributed by atoms with van der Waals surface area (Å²) in [6.45, 7) is 1.66. The third kappa shape index (κ3) is 4.47. The Morgan fingerprint density at radius 1 is 1.07 bits per heavy atom. The average Bonchev–Trinajstić information content (AvgIpc) is 2.96. The van der Waals surface area contributed by atoms with Crippen LogP contribution in [-0.4, -0.2) is 48.7 Å². The number of benzene rings is 2. The molecule has 0 aliphatic carbocycles. The Morgan fingerprint density at radius 2 is 1.90 bits per heavy atom. The van der Waals surface area contributed by atoms with Crippen LogP contribution in [0.15, 0.2) is 59.4 Å². The molecule has 0 radical (unpaired) electrons. The van der Waals surface area contributed by atoms with E-state index in [0.29, 0.717) is 44.0 Å². The van der Waals surface area contributed by atoms with E-state index in [1.807, 2.05) is 41.0 Å². The summed E-state index contributed by atoms with van der Waals surface area (Å²) in [5, 5.41) is 14.7. The van der Waals surface area contributed by atoms with E-state index in [4.69, 9.17) is 9.47 Å². The second kappa shape index (κ2) is 10.3. The summed E-state index contributed by atoms with van der Waals surface area (Å²) < 4.78 is 12.6. The molecule has 6 rings (SSSR count). The quantitative estimate of drug-likeness (QED) is 0.358. The van der Waals surface area contributed by atoms with E-state index in [1.165, 1.54) is 0 Å². The van der Waals surface area contributed by atoms with Crippen LogP contribution in [0.3, 0.4) is 0 Å². The fourth-order valence-electron chi connectivity index (χ4n) is 6.95. The lowest BCUT2D eigenvalue weighted by Crippen LogP contribution is -2.61. The number of nitrogens with zero attached hydrogens (tertiary/aromatic N) is 3. The van der Waals surface area contributed by atoms with Gasteiger partial charge < -0.3 is 24.3 Å². The number of pyridine rings is 1. The van der Waals surface area contributed by atoms with E-state index in [1.54, 1.807) is 32.4 Å². The van der Waals surface area contributed by atoms with Crippen molar-refractivity contribution in [2.45, 2.75) is 37.8 Å². The number of anilines is 1. The first-order valence-corrected chi connectivity index (χ1v) is 13.6. The van der Waals surface area contributed by atoms with Gasteiger partial charge in [0.1, 0.15) is 0 Å². The second-order valence-corrected chi connectivity index (χ2v) is 10.8. The van der Waals surface area contributed by atoms with Gasteiger partial charge in [-0.25, -0.2) is 0 Å². The topological polar surface area (TPSA) is 116 Å². The fourth-order valence-corrected chi connectivity index (χ4v) is 6.95. The molecule has 1 aromatic heterocycles. The zero-order chi connectivity index (χ0) is 28.0. The van der Waals surface area contributed by atoms with Crippen LogP contribution in [0.5, 0.6) is 11.5 Å². The average molecular weight is 545 g/mol. The van der Waals surface area contributed by atoms with Crippen molar-refractivity contribution in [3.8, 4) is 11.5 Å². The molecule has 4 atom stereocenters. The lowest BCUT2D eigenvalue weighted by molar-refractivity contribution is -0.384. The lowest BCUT2D eigenvalue weighted by Gasteiger charge is -2.54. The third-order valence-electron chi connectivity index (χ3n) is 8.70. The van der Waals surface area contributed by atoms with Crippen molar-refractivity contribution in [3.63, 3.8) is 0 Å². The van der Waals surface area contributed by atoms with Gasteiger partial charge in [-0.05, 0) is 60.6 Å². The first kappa shape index (κ1) is 25.9. The number of piperidine rings is 1. The van der Waals surface area contributed by atoms with Crippen LogP contribution in [0.1, 0.15) is 29.2 Å². The van der Waals surface area contributed by atoms with Crippen molar-refractivity contribution >= 4 is 17.3 Å². The number of hydrogen-bond donors (Lipinski definition) is 1. The number of hydrogen-bond acceptors (Lipinski definition) is 7. The number of nitro groups is 1. The van der Waals surface area contributed by atoms with Gasteiger partial charge >= 0.3 is 0 Å². The Kier molecular flexibility index (Phi) is 6.69. The molecular weight excluding hydrogens is 512 g/mol. The number of ether oxygens (including phenoxy) is 2. The molecule has 3 aromatic rings. The van der Waals surface area contributed by atoms with Gasteiger partial charge in [-0.2, -0.15) is 0 Å². The van der Waals surface area contributed by atoms with Crippen LogP contribution in [0.2, 0.25) is 0 Å². The third-order valence-corrected chi connectivity index (χ3v) is 8.70. The van der Waals surface area contributed by atoms with E-state index in [-0.39, 0.29) is 35.0 Å². The molecule has 2 unspecified atom stereocenters. The predicted molar refractivity (Wildman–Crippen MR) is 149 cm³/mol. The lowest BCUT2D eigenvalue weighted by atomic mass is 9.70. The van der Waals surface area contributed by atoms with Crippen molar-refractivity contribution < 1.29 is 19.2 Å². The van der Waals surface area contributed by atoms with Crippen molar-refractivity contribution in [1.82, 2.24) is 9.88 Å². The molecule has 10 heteroatoms. The summed E-state index contributed by atoms with van der Waals surface area (Å²) in [7, 11) is 3.18. The molecule has 1 fully saturated rings. The number of carbonyl (C=O) groups excluding carboxylic acids is 1. The molecule has 0 spiro atoms. The zero-order valence-corrected chi connectivity index (χ0v) is 22.5. The van der Waals surface area contributed by atoms with Gasteiger partial charge in [-0.1, -0.05) is 12.1 Å². The number of nitro benzene ring substituents is 1. The summed E-state index contributed by atoms with van der Waals surface area (Å²) in [4.78, 5) is 39.9. The normalized spacial score (nSPS) is 22.4. The minimum absolute atomic E-state index is 0.0107. The molecule has 208 valence electrons. The summed E-state index contributed by atoms with van der Waals surface area (Å²) in [5.74, 6) is 1.07. The maximum Gasteiger partial charge on any atom is 0.269 e. The number of rotatable bonds is 7. The summed E-state index contributed by atoms with van der Waals surface area (Å²) in [5.41, 5.74) is 3.81. The predicted octanol–water partition coefficient (Wildman–Crippen LogP) is 3.30. The second-order valence-electron chi connectivity index (χ2n) is 10.8. The molecule has 2 bridgehead atoms. The highest BCUT2D eigenvalue weighted by molar-refractivity contribution is 5.82. The van der Waals surface area contributed by atoms with Gasteiger partial charge in [0.15, 0.2) is 11.5 Å². The Bertz CT molecular complexity index is 1530. The van der Waals surface area contributed by atoms with Crippen molar-refractivity contribution in [3.05, 3.63) is 91.9 Å². The molecule has 1 N–H and O–H groups in total. The number of amides is 1. The van der Waals surface area contributed by atoms with Gasteiger partial charge in [0.25, 0.3) is 11.2 Å². The highest BCUT2D eigenvalue weighted by Crippen LogP contribution is 2.47. The maximum atomic E-state index is 13.8. The minimum atomic E-state index is -0.396. The summed E-state index contributed by atoms with van der Waals surface area (Å²) in [6.07, 6.45) is 1.93. The molecule has 3 aliphatic heterocycles. The van der Waals surface area contributed by atoms with Crippen molar-refractivity contribution in [1.29, 1.82) is 0 Å². The zero-order valence-electron chi connectivity index (χ0n) is 22.5. The molecule has 1 saturated heterocycles. The van der Waals surface area contributed by atoms with E-state index in [2.05, 4.69) is 10.2 Å². The van der Waals surface area contributed by atoms with Crippen molar-refractivity contribution in [2.24, 2.45) is 11.8 Å². The van der Waals surface area contributed by atoms with E-state index in [0.717, 1.165) is 28.9 Å². The smallest absolute Gasteiger partial charge is 0.269 e. The van der Waals surface area contributed by atoms with Crippen LogP contribution in [0.4, 0.5) is 11.4 Å². The van der Waals surface area contributed by atoms with Gasteiger partial charge in [-0.15, -0.1) is 0 Å². The molecule has 4 heterocycles. The van der Waals surface area contributed by atoms with Gasteiger partial charge in [-0.3, -0.25) is 19.7 Å². The Labute approximate surface area is 231 Å². The van der Waals surface area contributed by atoms with Crippen LogP contribution in [0, 0.1) is 22.0 Å². The Morgan fingerprint density at radius 3 is 2.67 bits per heavy atom. The standard InChI is InChI=1S/C30H32N4O6/c1-39-26-9-6-18(12-27(26)40-2)10-11-31-30(36)23-15-19-14-22(34(37)38)7-8-25(19)33-16-20-13-21(29(23)33)17-32-24(20)4-3-5-28(32)35/h3-9,12,14,20-21,23,29H,10-11,13,15-17H2,1-2H3,(H,31,36)/t20?,21?,23-,29+/m1/s1. The van der Waals surface area contributed by atoms with Crippen LogP contribution in [-0.2, 0) is 24.2 Å². The highest BCUT2D eigenvalue weighted by atomic mass is 16.6. The minimum Gasteiger partial charge on any atom is -0.493 e. The van der Waals surface area contributed by atoms with Crippen LogP contribution < -0.4 is 25.2 Å². The fraction of sp³-hybridized carbons (Fsp3) is 0.400. The Hall–Kier alpha value is -4.34. The van der Waals surface area contributed by atoms with Gasteiger partial charge in [0, 0.05) is 61.2 Å². The van der Waals surface area contributed by atoms with E-state index >= 15 is 0 Å².